The lowest BCUT2D eigenvalue weighted by Gasteiger charge is -2.23. The standard InChI is InChI=1S/C26H26N3O2/c1-30-22-14-9-15-23(31-2)26(22)29-18-28-21(16-17-24(28)27-29)25(19-10-5-3-6-11-19)20-12-7-4-8-13-20/h3-15,18,21,25H,16-17H2,1-2H3/q+1/t21-/m0/s1. The van der Waals surface area contributed by atoms with Crippen LogP contribution in [0.1, 0.15) is 35.3 Å². The average molecular weight is 413 g/mol. The van der Waals surface area contributed by atoms with Gasteiger partial charge in [-0.15, -0.1) is 0 Å². The molecule has 5 nitrogen and oxygen atoms in total. The highest BCUT2D eigenvalue weighted by molar-refractivity contribution is 5.56. The van der Waals surface area contributed by atoms with E-state index < -0.39 is 0 Å². The van der Waals surface area contributed by atoms with Gasteiger partial charge in [0.05, 0.1) is 20.3 Å². The molecule has 1 aliphatic rings. The predicted molar refractivity (Wildman–Crippen MR) is 119 cm³/mol. The minimum atomic E-state index is 0.255. The Kier molecular flexibility index (Phi) is 5.16. The lowest BCUT2D eigenvalue weighted by molar-refractivity contribution is -0.718. The number of fused-ring (bicyclic) bond motifs is 1. The van der Waals surface area contributed by atoms with E-state index in [1.807, 2.05) is 22.9 Å². The summed E-state index contributed by atoms with van der Waals surface area (Å²) in [5, 5.41) is 4.92. The first kappa shape index (κ1) is 19.4. The molecule has 0 unspecified atom stereocenters. The number of aryl methyl sites for hydroxylation is 1. The van der Waals surface area contributed by atoms with Crippen LogP contribution in [0.2, 0.25) is 0 Å². The third-order valence-electron chi connectivity index (χ3n) is 6.11. The summed E-state index contributed by atoms with van der Waals surface area (Å²) in [6.45, 7) is 0. The molecule has 2 heterocycles. The molecule has 0 N–H and O–H groups in total. The zero-order chi connectivity index (χ0) is 21.2. The molecule has 156 valence electrons. The van der Waals surface area contributed by atoms with Crippen molar-refractivity contribution < 1.29 is 14.0 Å². The van der Waals surface area contributed by atoms with Gasteiger partial charge in [-0.1, -0.05) is 71.4 Å². The van der Waals surface area contributed by atoms with E-state index >= 15 is 0 Å². The van der Waals surface area contributed by atoms with Crippen molar-refractivity contribution in [3.8, 4) is 17.2 Å². The van der Waals surface area contributed by atoms with Crippen LogP contribution in [0.4, 0.5) is 0 Å². The molecular formula is C26H26N3O2+. The maximum atomic E-state index is 5.61. The van der Waals surface area contributed by atoms with Gasteiger partial charge < -0.3 is 9.47 Å². The van der Waals surface area contributed by atoms with E-state index in [0.29, 0.717) is 0 Å². The minimum absolute atomic E-state index is 0.255. The summed E-state index contributed by atoms with van der Waals surface area (Å²) in [5.74, 6) is 2.81. The predicted octanol–water partition coefficient (Wildman–Crippen LogP) is 4.50. The lowest BCUT2D eigenvalue weighted by atomic mass is 9.84. The second-order valence-corrected chi connectivity index (χ2v) is 7.80. The van der Waals surface area contributed by atoms with Gasteiger partial charge in [0.1, 0.15) is 0 Å². The third kappa shape index (κ3) is 3.46. The highest BCUT2D eigenvalue weighted by Gasteiger charge is 2.39. The fraction of sp³-hybridized carbons (Fsp3) is 0.231. The number of aromatic nitrogens is 3. The highest BCUT2D eigenvalue weighted by Crippen LogP contribution is 2.38. The molecule has 0 saturated carbocycles. The molecule has 0 saturated heterocycles. The number of methoxy groups -OCH3 is 2. The summed E-state index contributed by atoms with van der Waals surface area (Å²) in [4.78, 5) is 0. The van der Waals surface area contributed by atoms with Gasteiger partial charge in [-0.2, -0.15) is 0 Å². The van der Waals surface area contributed by atoms with E-state index in [9.17, 15) is 0 Å². The maximum Gasteiger partial charge on any atom is 0.278 e. The molecule has 0 fully saturated rings. The fourth-order valence-electron chi connectivity index (χ4n) is 4.71. The quantitative estimate of drug-likeness (QED) is 0.438. The smallest absolute Gasteiger partial charge is 0.278 e. The van der Waals surface area contributed by atoms with Crippen LogP contribution in [0.15, 0.2) is 85.2 Å². The van der Waals surface area contributed by atoms with Crippen LogP contribution in [-0.2, 0) is 6.42 Å². The minimum Gasteiger partial charge on any atom is -0.493 e. The molecule has 1 atom stereocenters. The van der Waals surface area contributed by atoms with Crippen LogP contribution in [0.5, 0.6) is 11.5 Å². The van der Waals surface area contributed by atoms with Crippen molar-refractivity contribution in [2.75, 3.05) is 14.2 Å². The monoisotopic (exact) mass is 412 g/mol. The molecule has 0 aliphatic carbocycles. The SMILES string of the molecule is COc1cccc(OC)c1-n1c[n+]2c(n1)CC[C@H]2C(c1ccccc1)c1ccccc1. The van der Waals surface area contributed by atoms with E-state index in [-0.39, 0.29) is 12.0 Å². The number of nitrogens with zero attached hydrogens (tertiary/aromatic N) is 3. The Bertz CT molecular complexity index is 1110. The van der Waals surface area contributed by atoms with Gasteiger partial charge in [0, 0.05) is 17.4 Å². The van der Waals surface area contributed by atoms with Crippen molar-refractivity contribution in [1.29, 1.82) is 0 Å². The Balaban J connectivity index is 1.61. The molecule has 0 amide bonds. The summed E-state index contributed by atoms with van der Waals surface area (Å²) in [7, 11) is 3.35. The first-order valence-corrected chi connectivity index (χ1v) is 10.6. The van der Waals surface area contributed by atoms with E-state index in [1.165, 1.54) is 11.1 Å². The zero-order valence-corrected chi connectivity index (χ0v) is 17.8. The molecule has 0 spiro atoms. The number of benzene rings is 3. The Morgan fingerprint density at radius 3 is 1.97 bits per heavy atom. The van der Waals surface area contributed by atoms with E-state index in [2.05, 4.69) is 71.6 Å². The number of hydrogen-bond acceptors (Lipinski definition) is 3. The lowest BCUT2D eigenvalue weighted by Crippen LogP contribution is -2.40. The topological polar surface area (TPSA) is 40.2 Å². The van der Waals surface area contributed by atoms with Gasteiger partial charge in [-0.25, -0.2) is 4.57 Å². The normalized spacial score (nSPS) is 15.1. The number of para-hydroxylation sites is 1. The largest absolute Gasteiger partial charge is 0.493 e. The van der Waals surface area contributed by atoms with Gasteiger partial charge >= 0.3 is 0 Å². The van der Waals surface area contributed by atoms with E-state index in [1.54, 1.807) is 14.2 Å². The van der Waals surface area contributed by atoms with Crippen LogP contribution in [-0.4, -0.2) is 24.0 Å². The summed E-state index contributed by atoms with van der Waals surface area (Å²) in [6.07, 6.45) is 4.08. The molecule has 31 heavy (non-hydrogen) atoms. The maximum absolute atomic E-state index is 5.61. The Labute approximate surface area is 182 Å². The zero-order valence-electron chi connectivity index (χ0n) is 17.8. The molecule has 1 aromatic heterocycles. The second-order valence-electron chi connectivity index (χ2n) is 7.80. The second kappa shape index (κ2) is 8.26. The molecule has 1 aliphatic heterocycles. The molecular weight excluding hydrogens is 386 g/mol. The van der Waals surface area contributed by atoms with Gasteiger partial charge in [0.25, 0.3) is 5.82 Å². The number of ether oxygens (including phenoxy) is 2. The number of rotatable bonds is 6. The first-order valence-electron chi connectivity index (χ1n) is 10.6. The first-order chi connectivity index (χ1) is 15.3. The van der Waals surface area contributed by atoms with Crippen molar-refractivity contribution in [1.82, 2.24) is 9.78 Å². The van der Waals surface area contributed by atoms with Gasteiger partial charge in [0.15, 0.2) is 11.5 Å². The van der Waals surface area contributed by atoms with Crippen molar-refractivity contribution >= 4 is 0 Å². The summed E-state index contributed by atoms with van der Waals surface area (Å²) < 4.78 is 15.4. The van der Waals surface area contributed by atoms with E-state index in [0.717, 1.165) is 35.9 Å². The van der Waals surface area contributed by atoms with Crippen LogP contribution in [0.3, 0.4) is 0 Å². The van der Waals surface area contributed by atoms with Gasteiger partial charge in [0.2, 0.25) is 12.0 Å². The molecule has 4 aromatic rings. The van der Waals surface area contributed by atoms with Crippen molar-refractivity contribution in [3.05, 3.63) is 102 Å². The molecule has 3 aromatic carbocycles. The van der Waals surface area contributed by atoms with Crippen LogP contribution < -0.4 is 14.0 Å². The van der Waals surface area contributed by atoms with Crippen LogP contribution in [0, 0.1) is 0 Å². The van der Waals surface area contributed by atoms with Crippen molar-refractivity contribution in [2.45, 2.75) is 24.8 Å². The molecule has 5 heteroatoms. The summed E-state index contributed by atoms with van der Waals surface area (Å²) in [5.41, 5.74) is 3.47. The molecule has 0 radical (unpaired) electrons. The van der Waals surface area contributed by atoms with Gasteiger partial charge in [-0.05, 0) is 29.7 Å². The van der Waals surface area contributed by atoms with Crippen LogP contribution >= 0.6 is 0 Å². The highest BCUT2D eigenvalue weighted by atomic mass is 16.5. The fourth-order valence-corrected chi connectivity index (χ4v) is 4.71. The van der Waals surface area contributed by atoms with E-state index in [4.69, 9.17) is 14.6 Å². The van der Waals surface area contributed by atoms with Crippen LogP contribution in [0.25, 0.3) is 5.69 Å². The third-order valence-corrected chi connectivity index (χ3v) is 6.11. The Morgan fingerprint density at radius 2 is 1.42 bits per heavy atom. The Hall–Kier alpha value is -3.60. The summed E-state index contributed by atoms with van der Waals surface area (Å²) >= 11 is 0. The molecule has 5 rings (SSSR count). The van der Waals surface area contributed by atoms with Crippen molar-refractivity contribution in [3.63, 3.8) is 0 Å². The molecule has 0 bridgehead atoms. The summed E-state index contributed by atoms with van der Waals surface area (Å²) in [6, 6.07) is 27.6. The number of hydrogen-bond donors (Lipinski definition) is 0. The average Bonchev–Trinajstić information content (AvgIpc) is 3.42. The van der Waals surface area contributed by atoms with Crippen molar-refractivity contribution in [2.24, 2.45) is 0 Å². The Morgan fingerprint density at radius 1 is 0.839 bits per heavy atom. The van der Waals surface area contributed by atoms with Gasteiger partial charge in [-0.3, -0.25) is 0 Å².